The number of rotatable bonds is 1. The summed E-state index contributed by atoms with van der Waals surface area (Å²) in [5.41, 5.74) is 8.94. The Morgan fingerprint density at radius 2 is 1.75 bits per heavy atom. The van der Waals surface area contributed by atoms with Gasteiger partial charge in [0.05, 0.1) is 11.0 Å². The molecule has 1 aliphatic rings. The maximum Gasteiger partial charge on any atom is 0.212 e. The highest BCUT2D eigenvalue weighted by Gasteiger charge is 2.24. The van der Waals surface area contributed by atoms with Crippen LogP contribution in [0.1, 0.15) is 11.7 Å². The van der Waals surface area contributed by atoms with Crippen LogP contribution in [0.15, 0.2) is 59.6 Å². The maximum atomic E-state index is 5.88. The van der Waals surface area contributed by atoms with Crippen LogP contribution in [0.4, 0.5) is 5.95 Å². The minimum atomic E-state index is -0.181. The van der Waals surface area contributed by atoms with Gasteiger partial charge in [0.1, 0.15) is 0 Å². The Hall–Kier alpha value is -2.82. The third-order valence-corrected chi connectivity index (χ3v) is 3.44. The summed E-state index contributed by atoms with van der Waals surface area (Å²) >= 11 is 0. The van der Waals surface area contributed by atoms with Gasteiger partial charge in [0.2, 0.25) is 5.95 Å². The Labute approximate surface area is 115 Å². The van der Waals surface area contributed by atoms with E-state index < -0.39 is 0 Å². The average molecular weight is 263 g/mol. The topological polar surface area (TPSA) is 68.2 Å². The first-order valence-electron chi connectivity index (χ1n) is 6.45. The summed E-state index contributed by atoms with van der Waals surface area (Å²) in [5, 5.41) is 3.03. The van der Waals surface area contributed by atoms with Crippen LogP contribution in [0.5, 0.6) is 0 Å². The van der Waals surface area contributed by atoms with Crippen LogP contribution in [0.3, 0.4) is 0 Å². The molecule has 0 saturated carbocycles. The molecule has 0 spiro atoms. The number of fused-ring (bicyclic) bond motifs is 3. The zero-order valence-electron chi connectivity index (χ0n) is 10.7. The van der Waals surface area contributed by atoms with Crippen molar-refractivity contribution < 1.29 is 0 Å². The summed E-state index contributed by atoms with van der Waals surface area (Å²) in [7, 11) is 0. The number of benzene rings is 2. The van der Waals surface area contributed by atoms with Crippen molar-refractivity contribution in [1.29, 1.82) is 0 Å². The zero-order valence-corrected chi connectivity index (χ0v) is 10.7. The number of nitrogens with zero attached hydrogens (tertiary/aromatic N) is 3. The molecule has 1 aliphatic heterocycles. The molecule has 2 heterocycles. The molecule has 0 bridgehead atoms. The van der Waals surface area contributed by atoms with Crippen molar-refractivity contribution in [3.05, 3.63) is 60.2 Å². The lowest BCUT2D eigenvalue weighted by Gasteiger charge is -2.23. The molecule has 1 unspecified atom stereocenters. The van der Waals surface area contributed by atoms with E-state index in [0.29, 0.717) is 5.96 Å². The molecular formula is C15H13N5. The van der Waals surface area contributed by atoms with Crippen LogP contribution in [-0.4, -0.2) is 15.5 Å². The Morgan fingerprint density at radius 3 is 2.60 bits per heavy atom. The molecule has 1 aromatic heterocycles. The fourth-order valence-electron chi connectivity index (χ4n) is 2.57. The van der Waals surface area contributed by atoms with Gasteiger partial charge in [-0.2, -0.15) is 0 Å². The van der Waals surface area contributed by atoms with Gasteiger partial charge in [-0.25, -0.2) is 9.98 Å². The van der Waals surface area contributed by atoms with Crippen LogP contribution in [0, 0.1) is 0 Å². The van der Waals surface area contributed by atoms with Gasteiger partial charge in [0.25, 0.3) is 0 Å². The van der Waals surface area contributed by atoms with Crippen LogP contribution < -0.4 is 11.1 Å². The summed E-state index contributed by atoms with van der Waals surface area (Å²) < 4.78 is 2.07. The lowest BCUT2D eigenvalue weighted by Crippen LogP contribution is -2.31. The van der Waals surface area contributed by atoms with Gasteiger partial charge < -0.3 is 5.73 Å². The number of hydrogen-bond acceptors (Lipinski definition) is 4. The van der Waals surface area contributed by atoms with Gasteiger partial charge in [0, 0.05) is 0 Å². The van der Waals surface area contributed by atoms with E-state index in [-0.39, 0.29) is 6.17 Å². The first-order valence-corrected chi connectivity index (χ1v) is 6.45. The van der Waals surface area contributed by atoms with E-state index in [2.05, 4.69) is 19.9 Å². The largest absolute Gasteiger partial charge is 0.370 e. The fourth-order valence-corrected chi connectivity index (χ4v) is 2.57. The number of para-hydroxylation sites is 2. The van der Waals surface area contributed by atoms with E-state index in [1.54, 1.807) is 0 Å². The predicted octanol–water partition coefficient (Wildman–Crippen LogP) is 2.32. The number of imidazole rings is 1. The standard InChI is InChI=1S/C15H13N5/c16-14-18-13(10-6-2-1-3-7-10)20-12-9-5-4-8-11(12)17-15(20)19-14/h1-9,13H,(H3,16,17,18,19). The second-order valence-corrected chi connectivity index (χ2v) is 4.72. The third kappa shape index (κ3) is 1.56. The number of aliphatic imine (C=N–C) groups is 1. The molecule has 3 aromatic rings. The molecule has 0 fully saturated rings. The van der Waals surface area contributed by atoms with Crippen molar-refractivity contribution in [2.24, 2.45) is 10.7 Å². The van der Waals surface area contributed by atoms with Crippen molar-refractivity contribution in [1.82, 2.24) is 9.55 Å². The first kappa shape index (κ1) is 11.0. The smallest absolute Gasteiger partial charge is 0.212 e. The van der Waals surface area contributed by atoms with Crippen LogP contribution >= 0.6 is 0 Å². The fraction of sp³-hybridized carbons (Fsp3) is 0.0667. The second-order valence-electron chi connectivity index (χ2n) is 4.72. The van der Waals surface area contributed by atoms with E-state index in [9.17, 15) is 0 Å². The highest BCUT2D eigenvalue weighted by atomic mass is 15.4. The molecule has 2 aromatic carbocycles. The van der Waals surface area contributed by atoms with Crippen molar-refractivity contribution in [3.8, 4) is 0 Å². The number of nitrogens with one attached hydrogen (secondary N) is 1. The van der Waals surface area contributed by atoms with Gasteiger partial charge in [-0.05, 0) is 17.7 Å². The van der Waals surface area contributed by atoms with E-state index in [1.807, 2.05) is 54.6 Å². The molecule has 4 rings (SSSR count). The Kier molecular flexibility index (Phi) is 2.26. The van der Waals surface area contributed by atoms with Gasteiger partial charge in [-0.15, -0.1) is 0 Å². The number of anilines is 1. The Balaban J connectivity index is 1.98. The number of hydrogen-bond donors (Lipinski definition) is 2. The summed E-state index contributed by atoms with van der Waals surface area (Å²) in [5.74, 6) is 1.12. The molecule has 0 radical (unpaired) electrons. The van der Waals surface area contributed by atoms with Crippen molar-refractivity contribution in [3.63, 3.8) is 0 Å². The molecule has 98 valence electrons. The molecule has 0 saturated heterocycles. The summed E-state index contributed by atoms with van der Waals surface area (Å²) in [6.07, 6.45) is -0.181. The lowest BCUT2D eigenvalue weighted by molar-refractivity contribution is 0.626. The van der Waals surface area contributed by atoms with Gasteiger partial charge >= 0.3 is 0 Å². The highest BCUT2D eigenvalue weighted by Crippen LogP contribution is 2.31. The lowest BCUT2D eigenvalue weighted by atomic mass is 10.1. The van der Waals surface area contributed by atoms with E-state index in [0.717, 1.165) is 22.5 Å². The minimum absolute atomic E-state index is 0.181. The molecule has 5 heteroatoms. The normalized spacial score (nSPS) is 17.4. The van der Waals surface area contributed by atoms with E-state index in [4.69, 9.17) is 5.73 Å². The van der Waals surface area contributed by atoms with Crippen LogP contribution in [-0.2, 0) is 0 Å². The molecule has 0 amide bonds. The molecule has 5 nitrogen and oxygen atoms in total. The van der Waals surface area contributed by atoms with Crippen molar-refractivity contribution >= 4 is 22.9 Å². The van der Waals surface area contributed by atoms with Gasteiger partial charge in [0.15, 0.2) is 12.1 Å². The Bertz CT molecular complexity index is 804. The van der Waals surface area contributed by atoms with Crippen LogP contribution in [0.25, 0.3) is 11.0 Å². The van der Waals surface area contributed by atoms with E-state index >= 15 is 0 Å². The monoisotopic (exact) mass is 263 g/mol. The summed E-state index contributed by atoms with van der Waals surface area (Å²) in [6, 6.07) is 18.1. The van der Waals surface area contributed by atoms with E-state index in [1.165, 1.54) is 0 Å². The van der Waals surface area contributed by atoms with Crippen molar-refractivity contribution in [2.45, 2.75) is 6.17 Å². The zero-order chi connectivity index (χ0) is 13.5. The molecule has 20 heavy (non-hydrogen) atoms. The van der Waals surface area contributed by atoms with Gasteiger partial charge in [-0.3, -0.25) is 9.88 Å². The average Bonchev–Trinajstić information content (AvgIpc) is 2.85. The molecule has 0 aliphatic carbocycles. The van der Waals surface area contributed by atoms with Gasteiger partial charge in [-0.1, -0.05) is 42.5 Å². The second kappa shape index (κ2) is 4.09. The third-order valence-electron chi connectivity index (χ3n) is 3.44. The van der Waals surface area contributed by atoms with Crippen molar-refractivity contribution in [2.75, 3.05) is 5.32 Å². The highest BCUT2D eigenvalue weighted by molar-refractivity contribution is 5.94. The first-order chi connectivity index (χ1) is 9.83. The summed E-state index contributed by atoms with van der Waals surface area (Å²) in [4.78, 5) is 9.09. The molecule has 1 atom stereocenters. The SMILES string of the molecule is NC1=NC(c2ccccc2)n2c(nc3ccccc32)N1. The molecular weight excluding hydrogens is 250 g/mol. The number of aromatic nitrogens is 2. The Morgan fingerprint density at radius 1 is 1.00 bits per heavy atom. The minimum Gasteiger partial charge on any atom is -0.370 e. The quantitative estimate of drug-likeness (QED) is 0.708. The number of guanidine groups is 1. The maximum absolute atomic E-state index is 5.88. The predicted molar refractivity (Wildman–Crippen MR) is 79.6 cm³/mol. The number of nitrogens with two attached hydrogens (primary N) is 1. The summed E-state index contributed by atoms with van der Waals surface area (Å²) in [6.45, 7) is 0. The van der Waals surface area contributed by atoms with Crippen LogP contribution in [0.2, 0.25) is 0 Å². The molecule has 3 N–H and O–H groups in total.